The number of anilines is 1. The Labute approximate surface area is 337 Å². The average molecular weight is 906 g/mol. The van der Waals surface area contributed by atoms with Gasteiger partial charge in [-0.3, -0.25) is 32.5 Å². The molecule has 58 heavy (non-hydrogen) atoms. The van der Waals surface area contributed by atoms with E-state index in [0.717, 1.165) is 48.2 Å². The van der Waals surface area contributed by atoms with E-state index >= 15 is 0 Å². The number of fused-ring (bicyclic) bond motifs is 1. The quantitative estimate of drug-likeness (QED) is 0.0406. The van der Waals surface area contributed by atoms with Crippen LogP contribution in [0, 0.1) is 5.41 Å². The fourth-order valence-corrected chi connectivity index (χ4v) is 8.72. The molecule has 0 spiro atoms. The van der Waals surface area contributed by atoms with E-state index in [1.807, 2.05) is 13.8 Å². The highest BCUT2D eigenvalue weighted by Crippen LogP contribution is 2.61. The molecule has 3 heterocycles. The predicted molar refractivity (Wildman–Crippen MR) is 205 cm³/mol. The third-order valence-electron chi connectivity index (χ3n) is 8.15. The Bertz CT molecular complexity index is 1910. The fourth-order valence-electron chi connectivity index (χ4n) is 5.17. The lowest BCUT2D eigenvalue weighted by Crippen LogP contribution is -2.46. The highest BCUT2D eigenvalue weighted by Gasteiger charge is 2.50. The molecule has 1 aliphatic rings. The number of rotatable bonds is 24. The van der Waals surface area contributed by atoms with Crippen molar-refractivity contribution in [3.8, 4) is 0 Å². The molecule has 0 aromatic carbocycles. The van der Waals surface area contributed by atoms with Gasteiger partial charge in [-0.15, -0.1) is 0 Å². The highest BCUT2D eigenvalue weighted by molar-refractivity contribution is 8.13. The molecule has 3 rings (SSSR count). The first-order valence-electron chi connectivity index (χ1n) is 17.6. The van der Waals surface area contributed by atoms with Gasteiger partial charge >= 0.3 is 23.5 Å². The van der Waals surface area contributed by atoms with E-state index in [1.165, 1.54) is 19.4 Å². The maximum Gasteiger partial charge on any atom is 0.481 e. The number of nitrogens with zero attached hydrogens (tertiary/aromatic N) is 4. The van der Waals surface area contributed by atoms with Gasteiger partial charge in [0.1, 0.15) is 36.3 Å². The van der Waals surface area contributed by atoms with Gasteiger partial charge in [-0.05, 0) is 33.1 Å². The Morgan fingerprint density at radius 1 is 1.03 bits per heavy atom. The smallest absolute Gasteiger partial charge is 0.386 e. The van der Waals surface area contributed by atoms with Crippen molar-refractivity contribution in [3.05, 3.63) is 24.3 Å². The standard InChI is InChI=1S/C30H50N7O17P3S/c1-18(2)8-6-5-7-9-21(39)58-13-12-32-20(38)10-11-33-28(42)25(41)30(3,4)15-51-57(48,49)54-56(46,47)50-14-19-24(53-55(43,44)45)23(40)29(52-19)37-17-36-22-26(31)34-16-35-27(22)37/h8,16-17,19,23-25,29,40-41H,5-7,9-15H2,1-4H3,(H,32,38)(H,33,42)(H,46,47)(H,48,49)(H2,31,34,35)(H2,43,44,45)/t19-,23-,24-,25+,29-/m1/s1. The number of nitrogen functional groups attached to an aromatic ring is 1. The first kappa shape index (κ1) is 49.7. The van der Waals surface area contributed by atoms with Crippen molar-refractivity contribution in [2.24, 2.45) is 5.41 Å². The lowest BCUT2D eigenvalue weighted by atomic mass is 9.87. The van der Waals surface area contributed by atoms with E-state index in [-0.39, 0.29) is 41.6 Å². The van der Waals surface area contributed by atoms with Crippen molar-refractivity contribution in [2.75, 3.05) is 37.8 Å². The minimum atomic E-state index is -5.57. The number of aromatic nitrogens is 4. The molecule has 328 valence electrons. The van der Waals surface area contributed by atoms with Crippen LogP contribution < -0.4 is 16.4 Å². The number of phosphoric acid groups is 3. The van der Waals surface area contributed by atoms with Crippen molar-refractivity contribution in [3.63, 3.8) is 0 Å². The van der Waals surface area contributed by atoms with Crippen LogP contribution in [0.5, 0.6) is 0 Å². The van der Waals surface area contributed by atoms with Gasteiger partial charge in [0.15, 0.2) is 22.8 Å². The Balaban J connectivity index is 1.44. The number of amides is 2. The summed E-state index contributed by atoms with van der Waals surface area (Å²) in [6, 6.07) is 0. The van der Waals surface area contributed by atoms with E-state index in [4.69, 9.17) is 19.5 Å². The number of ether oxygens (including phenoxy) is 1. The van der Waals surface area contributed by atoms with Crippen molar-refractivity contribution in [2.45, 2.75) is 90.4 Å². The van der Waals surface area contributed by atoms with Gasteiger partial charge < -0.3 is 50.9 Å². The van der Waals surface area contributed by atoms with Crippen LogP contribution >= 0.6 is 35.2 Å². The molecule has 0 saturated carbocycles. The van der Waals surface area contributed by atoms with Crippen molar-refractivity contribution < 1.29 is 80.5 Å². The number of hydrogen-bond donors (Lipinski definition) is 9. The monoisotopic (exact) mass is 905 g/mol. The van der Waals surface area contributed by atoms with Crippen molar-refractivity contribution in [1.82, 2.24) is 30.2 Å². The van der Waals surface area contributed by atoms with Crippen molar-refractivity contribution >= 4 is 69.1 Å². The van der Waals surface area contributed by atoms with Gasteiger partial charge in [-0.1, -0.05) is 37.3 Å². The van der Waals surface area contributed by atoms with Crippen LogP contribution in [0.2, 0.25) is 0 Å². The average Bonchev–Trinajstić information content (AvgIpc) is 3.67. The number of imidazole rings is 1. The second-order valence-electron chi connectivity index (χ2n) is 13.8. The number of nitrogens with one attached hydrogen (secondary N) is 2. The molecule has 1 saturated heterocycles. The van der Waals surface area contributed by atoms with Crippen LogP contribution in [0.25, 0.3) is 11.2 Å². The van der Waals surface area contributed by atoms with E-state index < -0.39 is 84.6 Å². The number of allylic oxidation sites excluding steroid dienone is 2. The van der Waals surface area contributed by atoms with E-state index in [2.05, 4.69) is 40.5 Å². The van der Waals surface area contributed by atoms with Gasteiger partial charge in [-0.2, -0.15) is 4.31 Å². The van der Waals surface area contributed by atoms with Crippen LogP contribution in [0.15, 0.2) is 24.3 Å². The lowest BCUT2D eigenvalue weighted by molar-refractivity contribution is -0.137. The molecule has 2 aromatic rings. The number of nitrogens with two attached hydrogens (primary N) is 1. The van der Waals surface area contributed by atoms with Gasteiger partial charge in [0.2, 0.25) is 11.8 Å². The Kier molecular flexibility index (Phi) is 18.6. The molecule has 10 N–H and O–H groups in total. The summed E-state index contributed by atoms with van der Waals surface area (Å²) in [4.78, 5) is 87.7. The minimum Gasteiger partial charge on any atom is -0.386 e. The van der Waals surface area contributed by atoms with Crippen LogP contribution in [0.4, 0.5) is 5.82 Å². The SMILES string of the molecule is CC(C)=CCCCCC(=O)SCCNC(=O)CCNC(=O)[C@H](O)C(C)(C)COP(=O)(O)OP(=O)(O)OC[C@H]1O[C@@H](n2cnc3c(N)ncnc32)[C@H](O)[C@@H]1OP(=O)(O)O. The second-order valence-corrected chi connectivity index (χ2v) is 19.2. The largest absolute Gasteiger partial charge is 0.481 e. The van der Waals surface area contributed by atoms with E-state index in [1.54, 1.807) is 0 Å². The molecule has 24 nitrogen and oxygen atoms in total. The third kappa shape index (κ3) is 16.1. The zero-order valence-corrected chi connectivity index (χ0v) is 35.5. The minimum absolute atomic E-state index is 0.0309. The number of thioether (sulfide) groups is 1. The van der Waals surface area contributed by atoms with Gasteiger partial charge in [-0.25, -0.2) is 28.6 Å². The molecule has 0 aliphatic carbocycles. The maximum absolute atomic E-state index is 12.7. The zero-order valence-electron chi connectivity index (χ0n) is 32.0. The first-order valence-corrected chi connectivity index (χ1v) is 23.1. The highest BCUT2D eigenvalue weighted by atomic mass is 32.2. The normalized spacial score (nSPS) is 21.2. The van der Waals surface area contributed by atoms with Crippen LogP contribution in [-0.2, 0) is 50.7 Å². The Morgan fingerprint density at radius 3 is 2.40 bits per heavy atom. The summed E-state index contributed by atoms with van der Waals surface area (Å²) in [5.74, 6) is -1.06. The Morgan fingerprint density at radius 2 is 1.72 bits per heavy atom. The number of aliphatic hydroxyl groups is 2. The van der Waals surface area contributed by atoms with E-state index in [9.17, 15) is 57.9 Å². The van der Waals surface area contributed by atoms with Gasteiger partial charge in [0.05, 0.1) is 19.5 Å². The molecule has 7 atom stereocenters. The molecule has 0 radical (unpaired) electrons. The summed E-state index contributed by atoms with van der Waals surface area (Å²) in [7, 11) is -16.4. The summed E-state index contributed by atoms with van der Waals surface area (Å²) >= 11 is 1.12. The van der Waals surface area contributed by atoms with Gasteiger partial charge in [0.25, 0.3) is 0 Å². The van der Waals surface area contributed by atoms with Crippen molar-refractivity contribution in [1.29, 1.82) is 0 Å². The second kappa shape index (κ2) is 21.7. The lowest BCUT2D eigenvalue weighted by Gasteiger charge is -2.30. The maximum atomic E-state index is 12.7. The number of unbranched alkanes of at least 4 members (excludes halogenated alkanes) is 2. The topological polar surface area (TPSA) is 364 Å². The molecular weight excluding hydrogens is 855 g/mol. The molecule has 0 bridgehead atoms. The van der Waals surface area contributed by atoms with Crippen LogP contribution in [-0.4, -0.2) is 123 Å². The Hall–Kier alpha value is -2.70. The zero-order chi connectivity index (χ0) is 43.5. The molecule has 1 aliphatic heterocycles. The number of carbonyl (C=O) groups is 3. The summed E-state index contributed by atoms with van der Waals surface area (Å²) in [6.45, 7) is 4.56. The fraction of sp³-hybridized carbons (Fsp3) is 0.667. The number of aliphatic hydroxyl groups excluding tert-OH is 2. The number of hydrogen-bond acceptors (Lipinski definition) is 18. The predicted octanol–water partition coefficient (Wildman–Crippen LogP) is 1.19. The number of carbonyl (C=O) groups excluding carboxylic acids is 3. The molecule has 2 unspecified atom stereocenters. The summed E-state index contributed by atoms with van der Waals surface area (Å²) in [5, 5.41) is 26.5. The summed E-state index contributed by atoms with van der Waals surface area (Å²) in [5.41, 5.74) is 5.50. The molecular formula is C30H50N7O17P3S. The summed E-state index contributed by atoms with van der Waals surface area (Å²) in [6.07, 6.45) is -1.73. The first-order chi connectivity index (χ1) is 26.9. The number of phosphoric ester groups is 3. The van der Waals surface area contributed by atoms with Gasteiger partial charge in [0, 0.05) is 37.1 Å². The molecule has 28 heteroatoms. The van der Waals surface area contributed by atoms with Crippen LogP contribution in [0.1, 0.15) is 66.0 Å². The molecule has 2 aromatic heterocycles. The van der Waals surface area contributed by atoms with Crippen LogP contribution in [0.3, 0.4) is 0 Å². The molecule has 2 amide bonds. The molecule has 1 fully saturated rings. The summed E-state index contributed by atoms with van der Waals surface area (Å²) < 4.78 is 62.2. The third-order valence-corrected chi connectivity index (χ3v) is 12.2. The van der Waals surface area contributed by atoms with E-state index in [0.29, 0.717) is 12.2 Å².